The van der Waals surface area contributed by atoms with Crippen molar-refractivity contribution in [1.82, 2.24) is 0 Å². The Balaban J connectivity index is 0.000000231. The number of aldehydes is 1. The van der Waals surface area contributed by atoms with E-state index >= 15 is 0 Å². The van der Waals surface area contributed by atoms with Crippen molar-refractivity contribution in [2.75, 3.05) is 7.11 Å². The van der Waals surface area contributed by atoms with Crippen LogP contribution in [0.3, 0.4) is 0 Å². The van der Waals surface area contributed by atoms with E-state index in [1.54, 1.807) is 82.0 Å². The van der Waals surface area contributed by atoms with Crippen LogP contribution in [0.1, 0.15) is 53.8 Å². The van der Waals surface area contributed by atoms with Gasteiger partial charge in [-0.2, -0.15) is 38.5 Å². The molecule has 9 aromatic heterocycles. The highest BCUT2D eigenvalue weighted by molar-refractivity contribution is 7.28. The van der Waals surface area contributed by atoms with Crippen molar-refractivity contribution in [2.24, 2.45) is 0 Å². The second kappa shape index (κ2) is 25.4. The van der Waals surface area contributed by atoms with Crippen molar-refractivity contribution >= 4 is 142 Å². The third-order valence-electron chi connectivity index (χ3n) is 8.72. The molecule has 0 aliphatic heterocycles. The Hall–Kier alpha value is -6.81. The Morgan fingerprint density at radius 1 is 0.559 bits per heavy atom. The van der Waals surface area contributed by atoms with E-state index < -0.39 is 0 Å². The van der Waals surface area contributed by atoms with Gasteiger partial charge in [0.1, 0.15) is 17.0 Å². The van der Waals surface area contributed by atoms with Gasteiger partial charge in [0.2, 0.25) is 15.7 Å². The van der Waals surface area contributed by atoms with Gasteiger partial charge in [0.15, 0.2) is 11.3 Å². The van der Waals surface area contributed by atoms with Crippen LogP contribution in [-0.2, 0) is 6.42 Å². The predicted octanol–water partition coefficient (Wildman–Crippen LogP) is 18.9. The zero-order chi connectivity index (χ0) is 46.4. The molecule has 0 saturated heterocycles. The van der Waals surface area contributed by atoms with Crippen LogP contribution in [0.15, 0.2) is 109 Å². The quantitative estimate of drug-likeness (QED) is 0.0728. The van der Waals surface area contributed by atoms with Gasteiger partial charge in [0.25, 0.3) is 0 Å². The van der Waals surface area contributed by atoms with E-state index in [0.29, 0.717) is 32.6 Å². The topological polar surface area (TPSA) is 111 Å². The van der Waals surface area contributed by atoms with Crippen molar-refractivity contribution in [2.45, 2.75) is 21.3 Å². The summed E-state index contributed by atoms with van der Waals surface area (Å²) in [5, 5.41) is 29.1. The molecule has 0 spiro atoms. The average Bonchev–Trinajstić information content (AvgIpc) is 4.19. The molecule has 68 heavy (non-hydrogen) atoms. The molecule has 0 N–H and O–H groups in total. The monoisotopic (exact) mass is 1050 g/mol. The third-order valence-corrected chi connectivity index (χ3v) is 18.8. The summed E-state index contributed by atoms with van der Waals surface area (Å²) in [5.74, 6) is 0. The van der Waals surface area contributed by atoms with Crippen LogP contribution in [0, 0.1) is 53.7 Å². The molecule has 8 nitrogen and oxygen atoms in total. The molecule has 0 aromatic carbocycles. The zero-order valence-electron chi connectivity index (χ0n) is 34.0. The Bertz CT molecular complexity index is 3340. The maximum absolute atomic E-state index is 10.7. The van der Waals surface area contributed by atoms with Crippen LogP contribution in [0.2, 0.25) is 0 Å². The summed E-state index contributed by atoms with van der Waals surface area (Å²) in [7, 11) is 1.68. The van der Waals surface area contributed by atoms with Gasteiger partial charge >= 0.3 is 0 Å². The van der Waals surface area contributed by atoms with Gasteiger partial charge in [-0.15, -0.1) is 68.0 Å². The van der Waals surface area contributed by atoms with Crippen LogP contribution in [0.4, 0.5) is 10.0 Å². The molecule has 0 amide bonds. The summed E-state index contributed by atoms with van der Waals surface area (Å²) in [5.41, 5.74) is 1.10. The minimum absolute atomic E-state index is 0. The standard InChI is InChI=1S/C28H12N4S5.C14H10O2S3.C7H4N2S.2CH4/c1-31-21(23-6-5-20(16-30)35-23)14-19-4-8-25(34-19)27-10-9-26(36-27)24-7-3-18(33-24)13-17(15-29)22-11-12-28(32-2)37-22;1-16-14-7-6-13(19-14)12-5-4-11(18-12)10-3-2-9(8-15)17-10;1-9-7-3-2-6(10-7)4-5-8;;/h3-14H;2-8H,1H3;2-3H,4H2;2*1H4/b17-13+,21-14-;;;;. The molecule has 0 atom stereocenters. The molecule has 0 fully saturated rings. The summed E-state index contributed by atoms with van der Waals surface area (Å²) in [6.45, 7) is 21.3. The van der Waals surface area contributed by atoms with E-state index in [9.17, 15) is 10.1 Å². The fourth-order valence-electron chi connectivity index (χ4n) is 5.70. The maximum atomic E-state index is 10.7. The normalized spacial score (nSPS) is 10.4. The number of nitrogens with zero attached hydrogens (tertiary/aromatic N) is 6. The number of hydrogen-bond donors (Lipinski definition) is 0. The first-order valence-corrected chi connectivity index (χ1v) is 26.2. The summed E-state index contributed by atoms with van der Waals surface area (Å²) in [4.78, 5) is 36.3. The van der Waals surface area contributed by atoms with Crippen LogP contribution in [-0.4, -0.2) is 13.4 Å². The van der Waals surface area contributed by atoms with Crippen LogP contribution < -0.4 is 4.74 Å². The Morgan fingerprint density at radius 2 is 1.06 bits per heavy atom. The fourth-order valence-corrected chi connectivity index (χ4v) is 13.9. The summed E-state index contributed by atoms with van der Waals surface area (Å²) in [6, 6.07) is 41.6. The molecule has 0 radical (unpaired) electrons. The van der Waals surface area contributed by atoms with E-state index in [-0.39, 0.29) is 14.9 Å². The summed E-state index contributed by atoms with van der Waals surface area (Å²) < 4.78 is 5.21. The minimum Gasteiger partial charge on any atom is -0.487 e. The lowest BCUT2D eigenvalue weighted by Crippen LogP contribution is -1.73. The fraction of sp³-hybridized carbons (Fsp3) is 0.0784. The maximum Gasteiger partial charge on any atom is 0.241 e. The van der Waals surface area contributed by atoms with Gasteiger partial charge in [-0.25, -0.2) is 14.5 Å². The van der Waals surface area contributed by atoms with Gasteiger partial charge in [0.05, 0.1) is 49.8 Å². The lowest BCUT2D eigenvalue weighted by molar-refractivity contribution is 0.112. The first kappa shape index (κ1) is 52.2. The van der Waals surface area contributed by atoms with E-state index in [0.717, 1.165) is 65.0 Å². The van der Waals surface area contributed by atoms with Gasteiger partial charge in [-0.05, 0) is 103 Å². The molecule has 9 heterocycles. The molecule has 0 aliphatic carbocycles. The first-order valence-electron chi connectivity index (χ1n) is 18.9. The third kappa shape index (κ3) is 13.2. The number of carbonyl (C=O) groups excluding carboxylic acids is 1. The number of rotatable bonds is 11. The lowest BCUT2D eigenvalue weighted by atomic mass is 10.2. The molecule has 17 heteroatoms. The highest BCUT2D eigenvalue weighted by Crippen LogP contribution is 2.43. The summed E-state index contributed by atoms with van der Waals surface area (Å²) >= 11 is 13.9. The van der Waals surface area contributed by atoms with Crippen molar-refractivity contribution in [1.29, 1.82) is 15.8 Å². The van der Waals surface area contributed by atoms with E-state index in [1.807, 2.05) is 66.8 Å². The van der Waals surface area contributed by atoms with Gasteiger partial charge in [-0.1, -0.05) is 44.4 Å². The molecule has 0 aliphatic rings. The molecule has 0 unspecified atom stereocenters. The zero-order valence-corrected chi connectivity index (χ0v) is 41.4. The van der Waals surface area contributed by atoms with Gasteiger partial charge < -0.3 is 4.74 Å². The van der Waals surface area contributed by atoms with E-state index in [2.05, 4.69) is 69.1 Å². The number of allylic oxidation sites excluding steroid dienone is 1. The van der Waals surface area contributed by atoms with Crippen molar-refractivity contribution in [3.05, 3.63) is 178 Å². The first-order chi connectivity index (χ1) is 32.3. The smallest absolute Gasteiger partial charge is 0.241 e. The highest BCUT2D eigenvalue weighted by atomic mass is 32.1. The number of ether oxygens (including phenoxy) is 1. The molecule has 0 bridgehead atoms. The number of hydrogen-bond acceptors (Lipinski definition) is 14. The molecule has 334 valence electrons. The minimum atomic E-state index is 0. The molecule has 0 saturated carbocycles. The second-order valence-electron chi connectivity index (χ2n) is 12.9. The van der Waals surface area contributed by atoms with Crippen LogP contribution >= 0.6 is 102 Å². The van der Waals surface area contributed by atoms with E-state index in [4.69, 9.17) is 35.0 Å². The van der Waals surface area contributed by atoms with Crippen molar-refractivity contribution in [3.63, 3.8) is 0 Å². The average molecular weight is 1050 g/mol. The van der Waals surface area contributed by atoms with Crippen LogP contribution in [0.25, 0.3) is 77.0 Å². The van der Waals surface area contributed by atoms with Gasteiger partial charge in [-0.3, -0.25) is 4.79 Å². The van der Waals surface area contributed by atoms with Crippen LogP contribution in [0.5, 0.6) is 5.06 Å². The van der Waals surface area contributed by atoms with Crippen molar-refractivity contribution in [3.8, 4) is 62.3 Å². The Kier molecular flexibility index (Phi) is 19.5. The number of carbonyl (C=O) groups is 1. The molecule has 9 rings (SSSR count). The Labute approximate surface area is 431 Å². The predicted molar refractivity (Wildman–Crippen MR) is 295 cm³/mol. The molecular formula is C51H34N6O2S9. The lowest BCUT2D eigenvalue weighted by Gasteiger charge is -1.93. The SMILES string of the molecule is C.C.COc1ccc(-c2ccc(-c3ccc(C=O)s3)s2)s1.[C-]#[N+]/C(=C\c1ccc(-c2ccc(-c3ccc(/C=C(\C#N)c4ccc([N+]#[C-])s4)s3)s2)s1)c1ccc(C#N)s1.[C-]#[N+]c1ccc(CC#N)s1. The van der Waals surface area contributed by atoms with Crippen molar-refractivity contribution < 1.29 is 9.53 Å². The van der Waals surface area contributed by atoms with E-state index in [1.165, 1.54) is 60.0 Å². The number of thiophene rings is 9. The number of nitriles is 3. The Morgan fingerprint density at radius 3 is 1.53 bits per heavy atom. The molecular weight excluding hydrogens is 1020 g/mol. The largest absolute Gasteiger partial charge is 0.487 e. The summed E-state index contributed by atoms with van der Waals surface area (Å²) in [6.07, 6.45) is 5.07. The van der Waals surface area contributed by atoms with Gasteiger partial charge in [0, 0.05) is 63.4 Å². The number of methoxy groups -OCH3 is 1. The highest BCUT2D eigenvalue weighted by Gasteiger charge is 2.13. The second-order valence-corrected chi connectivity index (χ2v) is 22.8. The molecule has 9 aromatic rings.